The van der Waals surface area contributed by atoms with Gasteiger partial charge in [0.2, 0.25) is 0 Å². The van der Waals surface area contributed by atoms with Gasteiger partial charge >= 0.3 is 0 Å². The fourth-order valence-corrected chi connectivity index (χ4v) is 1.80. The third kappa shape index (κ3) is 5.25. The molecule has 0 saturated carbocycles. The van der Waals surface area contributed by atoms with Gasteiger partial charge in [-0.05, 0) is 18.1 Å². The van der Waals surface area contributed by atoms with Gasteiger partial charge in [-0.2, -0.15) is 0 Å². The zero-order valence-electron chi connectivity index (χ0n) is 11.7. The van der Waals surface area contributed by atoms with Gasteiger partial charge < -0.3 is 15.1 Å². The van der Waals surface area contributed by atoms with Crippen molar-refractivity contribution in [2.24, 2.45) is 10.9 Å². The maximum Gasteiger partial charge on any atom is 0.190 e. The predicted molar refractivity (Wildman–Crippen MR) is 75.8 cm³/mol. The van der Waals surface area contributed by atoms with E-state index in [0.29, 0.717) is 5.92 Å². The molecule has 0 aromatic carbocycles. The predicted octanol–water partition coefficient (Wildman–Crippen LogP) is 2.42. The molecule has 18 heavy (non-hydrogen) atoms. The Morgan fingerprint density at radius 3 is 2.67 bits per heavy atom. The Morgan fingerprint density at radius 2 is 2.11 bits per heavy atom. The lowest BCUT2D eigenvalue weighted by atomic mass is 10.0. The van der Waals surface area contributed by atoms with Crippen LogP contribution in [0, 0.1) is 5.92 Å². The van der Waals surface area contributed by atoms with Crippen molar-refractivity contribution in [3.8, 4) is 0 Å². The summed E-state index contributed by atoms with van der Waals surface area (Å²) in [6.45, 7) is 6.26. The van der Waals surface area contributed by atoms with E-state index >= 15 is 0 Å². The zero-order chi connectivity index (χ0) is 13.2. The fraction of sp³-hybridized carbons (Fsp3) is 0.643. The first-order valence-corrected chi connectivity index (χ1v) is 6.77. The Kier molecular flexibility index (Phi) is 6.99. The first-order valence-electron chi connectivity index (χ1n) is 6.77. The van der Waals surface area contributed by atoms with Crippen LogP contribution in [0.25, 0.3) is 0 Å². The van der Waals surface area contributed by atoms with E-state index in [1.165, 1.54) is 12.8 Å². The zero-order valence-corrected chi connectivity index (χ0v) is 11.7. The summed E-state index contributed by atoms with van der Waals surface area (Å²) < 4.78 is 5.28. The molecular formula is C14H25N3O. The van der Waals surface area contributed by atoms with Crippen LogP contribution in [0.1, 0.15) is 32.4 Å². The van der Waals surface area contributed by atoms with Crippen molar-refractivity contribution in [3.63, 3.8) is 0 Å². The normalized spacial score (nSPS) is 11.9. The Morgan fingerprint density at radius 1 is 1.33 bits per heavy atom. The molecule has 0 aliphatic heterocycles. The van der Waals surface area contributed by atoms with Crippen LogP contribution in [0.5, 0.6) is 0 Å². The minimum absolute atomic E-state index is 0.716. The van der Waals surface area contributed by atoms with Crippen LogP contribution in [-0.2, 0) is 6.42 Å². The first kappa shape index (κ1) is 14.6. The summed E-state index contributed by atoms with van der Waals surface area (Å²) >= 11 is 0. The molecule has 1 rings (SSSR count). The van der Waals surface area contributed by atoms with Crippen molar-refractivity contribution in [2.75, 3.05) is 20.1 Å². The van der Waals surface area contributed by atoms with Gasteiger partial charge in [-0.1, -0.05) is 26.7 Å². The van der Waals surface area contributed by atoms with E-state index in [0.717, 1.165) is 31.2 Å². The number of hydrogen-bond acceptors (Lipinski definition) is 2. The van der Waals surface area contributed by atoms with E-state index in [4.69, 9.17) is 4.42 Å². The third-order valence-electron chi connectivity index (χ3n) is 3.18. The lowest BCUT2D eigenvalue weighted by molar-refractivity contribution is 0.480. The van der Waals surface area contributed by atoms with Gasteiger partial charge in [0.1, 0.15) is 5.76 Å². The molecule has 1 heterocycles. The van der Waals surface area contributed by atoms with Gasteiger partial charge in [0, 0.05) is 26.6 Å². The summed E-state index contributed by atoms with van der Waals surface area (Å²) in [6.07, 6.45) is 4.98. The lowest BCUT2D eigenvalue weighted by Gasteiger charge is -2.16. The van der Waals surface area contributed by atoms with E-state index in [1.54, 1.807) is 13.3 Å². The Balaban J connectivity index is 2.21. The molecule has 102 valence electrons. The number of nitrogens with zero attached hydrogens (tertiary/aromatic N) is 1. The van der Waals surface area contributed by atoms with Crippen LogP contribution < -0.4 is 10.6 Å². The molecule has 0 amide bonds. The largest absolute Gasteiger partial charge is 0.469 e. The highest BCUT2D eigenvalue weighted by atomic mass is 16.3. The third-order valence-corrected chi connectivity index (χ3v) is 3.18. The monoisotopic (exact) mass is 251 g/mol. The molecular weight excluding hydrogens is 226 g/mol. The molecule has 0 aliphatic rings. The summed E-state index contributed by atoms with van der Waals surface area (Å²) in [4.78, 5) is 4.21. The van der Waals surface area contributed by atoms with E-state index in [1.807, 2.05) is 12.1 Å². The van der Waals surface area contributed by atoms with E-state index in [2.05, 4.69) is 29.5 Å². The van der Waals surface area contributed by atoms with Crippen molar-refractivity contribution in [3.05, 3.63) is 24.2 Å². The molecule has 1 aromatic heterocycles. The van der Waals surface area contributed by atoms with Crippen molar-refractivity contribution < 1.29 is 4.42 Å². The molecule has 1 aromatic rings. The molecule has 0 aliphatic carbocycles. The number of guanidine groups is 1. The van der Waals surface area contributed by atoms with Crippen LogP contribution >= 0.6 is 0 Å². The Labute approximate surface area is 110 Å². The Bertz CT molecular complexity index is 329. The van der Waals surface area contributed by atoms with Crippen molar-refractivity contribution in [1.82, 2.24) is 10.6 Å². The van der Waals surface area contributed by atoms with Gasteiger partial charge in [0.25, 0.3) is 0 Å². The molecule has 0 unspecified atom stereocenters. The summed E-state index contributed by atoms with van der Waals surface area (Å²) in [7, 11) is 1.80. The van der Waals surface area contributed by atoms with Gasteiger partial charge in [0.05, 0.1) is 6.26 Å². The van der Waals surface area contributed by atoms with Crippen molar-refractivity contribution in [2.45, 2.75) is 33.1 Å². The average molecular weight is 251 g/mol. The maximum absolute atomic E-state index is 5.28. The summed E-state index contributed by atoms with van der Waals surface area (Å²) in [6, 6.07) is 3.90. The van der Waals surface area contributed by atoms with Gasteiger partial charge in [-0.15, -0.1) is 0 Å². The van der Waals surface area contributed by atoms with Crippen LogP contribution in [0.15, 0.2) is 27.8 Å². The second-order valence-corrected chi connectivity index (χ2v) is 4.39. The molecule has 2 N–H and O–H groups in total. The molecule has 4 nitrogen and oxygen atoms in total. The number of furan rings is 1. The molecule has 0 spiro atoms. The lowest BCUT2D eigenvalue weighted by Crippen LogP contribution is -2.40. The SMILES string of the molecule is CCC(CC)CNC(=NC)NCCc1ccco1. The van der Waals surface area contributed by atoms with Crippen LogP contribution in [0.4, 0.5) is 0 Å². The van der Waals surface area contributed by atoms with Gasteiger partial charge in [-0.25, -0.2) is 0 Å². The van der Waals surface area contributed by atoms with Crippen molar-refractivity contribution in [1.29, 1.82) is 0 Å². The number of rotatable bonds is 7. The maximum atomic E-state index is 5.28. The molecule has 0 atom stereocenters. The van der Waals surface area contributed by atoms with Gasteiger partial charge in [0.15, 0.2) is 5.96 Å². The fourth-order valence-electron chi connectivity index (χ4n) is 1.80. The highest BCUT2D eigenvalue weighted by Crippen LogP contribution is 2.04. The minimum Gasteiger partial charge on any atom is -0.469 e. The van der Waals surface area contributed by atoms with Crippen LogP contribution in [0.2, 0.25) is 0 Å². The molecule has 0 fully saturated rings. The highest BCUT2D eigenvalue weighted by Gasteiger charge is 2.04. The molecule has 0 radical (unpaired) electrons. The van der Waals surface area contributed by atoms with E-state index < -0.39 is 0 Å². The minimum atomic E-state index is 0.716. The topological polar surface area (TPSA) is 49.6 Å². The molecule has 4 heteroatoms. The second-order valence-electron chi connectivity index (χ2n) is 4.39. The summed E-state index contributed by atoms with van der Waals surface area (Å²) in [5.41, 5.74) is 0. The van der Waals surface area contributed by atoms with E-state index in [9.17, 15) is 0 Å². The number of nitrogens with one attached hydrogen (secondary N) is 2. The molecule has 0 bridgehead atoms. The highest BCUT2D eigenvalue weighted by molar-refractivity contribution is 5.79. The van der Waals surface area contributed by atoms with Crippen molar-refractivity contribution >= 4 is 5.96 Å². The second kappa shape index (κ2) is 8.61. The quantitative estimate of drug-likeness (QED) is 0.578. The molecule has 0 saturated heterocycles. The number of aliphatic imine (C=N–C) groups is 1. The van der Waals surface area contributed by atoms with E-state index in [-0.39, 0.29) is 0 Å². The number of hydrogen-bond donors (Lipinski definition) is 2. The summed E-state index contributed by atoms with van der Waals surface area (Å²) in [5, 5.41) is 6.65. The smallest absolute Gasteiger partial charge is 0.190 e. The standard InChI is InChI=1S/C14H25N3O/c1-4-12(5-2)11-17-14(15-3)16-9-8-13-7-6-10-18-13/h6-7,10,12H,4-5,8-9,11H2,1-3H3,(H2,15,16,17). The first-order chi connectivity index (χ1) is 8.80. The Hall–Kier alpha value is -1.45. The van der Waals surface area contributed by atoms with Crippen LogP contribution in [0.3, 0.4) is 0 Å². The van der Waals surface area contributed by atoms with Gasteiger partial charge in [-0.3, -0.25) is 4.99 Å². The average Bonchev–Trinajstić information content (AvgIpc) is 2.91. The van der Waals surface area contributed by atoms with Crippen LogP contribution in [-0.4, -0.2) is 26.1 Å². The summed E-state index contributed by atoms with van der Waals surface area (Å²) in [5.74, 6) is 2.58.